The Hall–Kier alpha value is -2.35. The molecule has 0 atom stereocenters. The predicted octanol–water partition coefficient (Wildman–Crippen LogP) is 0.0907. The highest BCUT2D eigenvalue weighted by atomic mass is 16.6. The van der Waals surface area contributed by atoms with Gasteiger partial charge in [-0.25, -0.2) is 0 Å². The molecule has 1 amide bonds. The van der Waals surface area contributed by atoms with E-state index in [0.717, 1.165) is 0 Å². The van der Waals surface area contributed by atoms with Crippen LogP contribution in [0.25, 0.3) is 0 Å². The molecule has 0 saturated carbocycles. The van der Waals surface area contributed by atoms with Gasteiger partial charge in [0.25, 0.3) is 5.91 Å². The van der Waals surface area contributed by atoms with Crippen LogP contribution >= 0.6 is 0 Å². The molecular formula is C11H14N2O6. The molecule has 104 valence electrons. The highest BCUT2D eigenvalue weighted by Crippen LogP contribution is 2.30. The largest absolute Gasteiger partial charge is 0.490 e. The zero-order valence-electron chi connectivity index (χ0n) is 10.3. The van der Waals surface area contributed by atoms with Crippen molar-refractivity contribution in [1.82, 2.24) is 5.32 Å². The van der Waals surface area contributed by atoms with Crippen molar-refractivity contribution >= 4 is 11.6 Å². The molecular weight excluding hydrogens is 256 g/mol. The zero-order chi connectivity index (χ0) is 14.3. The lowest BCUT2D eigenvalue weighted by atomic mass is 10.3. The van der Waals surface area contributed by atoms with Gasteiger partial charge in [0.1, 0.15) is 5.75 Å². The van der Waals surface area contributed by atoms with E-state index in [1.807, 2.05) is 0 Å². The number of carbonyl (C=O) groups excluding carboxylic acids is 1. The zero-order valence-corrected chi connectivity index (χ0v) is 10.3. The molecule has 19 heavy (non-hydrogen) atoms. The van der Waals surface area contributed by atoms with Gasteiger partial charge in [0, 0.05) is 6.54 Å². The van der Waals surface area contributed by atoms with Gasteiger partial charge < -0.3 is 19.9 Å². The summed E-state index contributed by atoms with van der Waals surface area (Å²) in [4.78, 5) is 21.4. The SMILES string of the molecule is COc1ccc(OCC(=O)NCCO)cc1[N+](=O)[O-]. The van der Waals surface area contributed by atoms with E-state index in [-0.39, 0.29) is 36.9 Å². The van der Waals surface area contributed by atoms with E-state index in [0.29, 0.717) is 0 Å². The Balaban J connectivity index is 2.67. The third kappa shape index (κ3) is 4.43. The summed E-state index contributed by atoms with van der Waals surface area (Å²) in [5.41, 5.74) is -0.240. The van der Waals surface area contributed by atoms with E-state index in [9.17, 15) is 14.9 Å². The number of nitro benzene ring substituents is 1. The van der Waals surface area contributed by atoms with Crippen LogP contribution in [-0.2, 0) is 4.79 Å². The molecule has 0 bridgehead atoms. The molecule has 0 aromatic heterocycles. The molecule has 1 aromatic rings. The van der Waals surface area contributed by atoms with E-state index < -0.39 is 10.8 Å². The Morgan fingerprint density at radius 1 is 1.53 bits per heavy atom. The average Bonchev–Trinajstić information content (AvgIpc) is 2.42. The molecule has 0 unspecified atom stereocenters. The fraction of sp³-hybridized carbons (Fsp3) is 0.364. The van der Waals surface area contributed by atoms with Gasteiger partial charge in [0.05, 0.1) is 24.7 Å². The summed E-state index contributed by atoms with van der Waals surface area (Å²) >= 11 is 0. The normalized spacial score (nSPS) is 9.79. The number of hydrogen-bond donors (Lipinski definition) is 2. The number of nitro groups is 1. The molecule has 0 fully saturated rings. The number of carbonyl (C=O) groups is 1. The Bertz CT molecular complexity index is 462. The molecule has 0 heterocycles. The molecule has 8 heteroatoms. The van der Waals surface area contributed by atoms with E-state index >= 15 is 0 Å². The van der Waals surface area contributed by atoms with Gasteiger partial charge in [0.2, 0.25) is 0 Å². The summed E-state index contributed by atoms with van der Waals surface area (Å²) in [5.74, 6) is -0.124. The van der Waals surface area contributed by atoms with E-state index in [1.54, 1.807) is 0 Å². The first-order valence-electron chi connectivity index (χ1n) is 5.41. The van der Waals surface area contributed by atoms with Crippen molar-refractivity contribution in [2.75, 3.05) is 26.9 Å². The minimum Gasteiger partial charge on any atom is -0.490 e. The Kier molecular flexibility index (Phi) is 5.55. The molecule has 8 nitrogen and oxygen atoms in total. The summed E-state index contributed by atoms with van der Waals surface area (Å²) in [5, 5.41) is 21.7. The quantitative estimate of drug-likeness (QED) is 0.536. The van der Waals surface area contributed by atoms with Crippen molar-refractivity contribution in [3.8, 4) is 11.5 Å². The van der Waals surface area contributed by atoms with Crippen molar-refractivity contribution in [2.45, 2.75) is 0 Å². The summed E-state index contributed by atoms with van der Waals surface area (Å²) in [6, 6.07) is 4.03. The van der Waals surface area contributed by atoms with E-state index in [2.05, 4.69) is 5.32 Å². The fourth-order valence-corrected chi connectivity index (χ4v) is 1.30. The summed E-state index contributed by atoms with van der Waals surface area (Å²) in [6.07, 6.45) is 0. The second-order valence-electron chi connectivity index (χ2n) is 3.45. The number of benzene rings is 1. The van der Waals surface area contributed by atoms with Crippen LogP contribution in [0.1, 0.15) is 0 Å². The van der Waals surface area contributed by atoms with Gasteiger partial charge in [-0.15, -0.1) is 0 Å². The lowest BCUT2D eigenvalue weighted by Crippen LogP contribution is -2.31. The molecule has 0 aliphatic rings. The van der Waals surface area contributed by atoms with E-state index in [4.69, 9.17) is 14.6 Å². The van der Waals surface area contributed by atoms with Crippen molar-refractivity contribution < 1.29 is 24.3 Å². The predicted molar refractivity (Wildman–Crippen MR) is 65.2 cm³/mol. The molecule has 0 spiro atoms. The van der Waals surface area contributed by atoms with E-state index in [1.165, 1.54) is 25.3 Å². The molecule has 0 radical (unpaired) electrons. The fourth-order valence-electron chi connectivity index (χ4n) is 1.30. The minimum atomic E-state index is -0.600. The second-order valence-corrected chi connectivity index (χ2v) is 3.45. The second kappa shape index (κ2) is 7.17. The average molecular weight is 270 g/mol. The molecule has 1 aromatic carbocycles. The maximum absolute atomic E-state index is 11.2. The van der Waals surface area contributed by atoms with Gasteiger partial charge in [-0.05, 0) is 12.1 Å². The van der Waals surface area contributed by atoms with Crippen LogP contribution in [0.3, 0.4) is 0 Å². The van der Waals surface area contributed by atoms with Crippen LogP contribution in [-0.4, -0.2) is 42.8 Å². The lowest BCUT2D eigenvalue weighted by Gasteiger charge is -2.07. The van der Waals surface area contributed by atoms with Crippen LogP contribution in [0.15, 0.2) is 18.2 Å². The number of nitrogens with one attached hydrogen (secondary N) is 1. The highest BCUT2D eigenvalue weighted by molar-refractivity contribution is 5.77. The van der Waals surface area contributed by atoms with Crippen molar-refractivity contribution in [1.29, 1.82) is 0 Å². The standard InChI is InChI=1S/C11H14N2O6/c1-18-10-3-2-8(6-9(10)13(16)17)19-7-11(15)12-4-5-14/h2-3,6,14H,4-5,7H2,1H3,(H,12,15). The number of ether oxygens (including phenoxy) is 2. The molecule has 0 saturated heterocycles. The molecule has 2 N–H and O–H groups in total. The first-order valence-corrected chi connectivity index (χ1v) is 5.41. The Morgan fingerprint density at radius 3 is 2.84 bits per heavy atom. The minimum absolute atomic E-state index is 0.113. The smallest absolute Gasteiger partial charge is 0.314 e. The summed E-state index contributed by atoms with van der Waals surface area (Å²) < 4.78 is 9.94. The van der Waals surface area contributed by atoms with Crippen LogP contribution < -0.4 is 14.8 Å². The Labute approximate surface area is 109 Å². The number of hydrogen-bond acceptors (Lipinski definition) is 6. The maximum Gasteiger partial charge on any atom is 0.314 e. The number of amides is 1. The number of rotatable bonds is 7. The number of methoxy groups -OCH3 is 1. The number of aliphatic hydroxyl groups is 1. The van der Waals surface area contributed by atoms with Crippen molar-refractivity contribution in [3.63, 3.8) is 0 Å². The first-order chi connectivity index (χ1) is 9.08. The van der Waals surface area contributed by atoms with Crippen molar-refractivity contribution in [3.05, 3.63) is 28.3 Å². The molecule has 0 aliphatic carbocycles. The van der Waals surface area contributed by atoms with Crippen LogP contribution in [0, 0.1) is 10.1 Å². The monoisotopic (exact) mass is 270 g/mol. The van der Waals surface area contributed by atoms with Crippen LogP contribution in [0.5, 0.6) is 11.5 Å². The molecule has 1 rings (SSSR count). The third-order valence-electron chi connectivity index (χ3n) is 2.15. The lowest BCUT2D eigenvalue weighted by molar-refractivity contribution is -0.385. The topological polar surface area (TPSA) is 111 Å². The van der Waals surface area contributed by atoms with Gasteiger partial charge >= 0.3 is 5.69 Å². The van der Waals surface area contributed by atoms with Crippen LogP contribution in [0.2, 0.25) is 0 Å². The van der Waals surface area contributed by atoms with Crippen LogP contribution in [0.4, 0.5) is 5.69 Å². The first kappa shape index (κ1) is 14.7. The number of aliphatic hydroxyl groups excluding tert-OH is 1. The number of nitrogens with zero attached hydrogens (tertiary/aromatic N) is 1. The summed E-state index contributed by atoms with van der Waals surface area (Å²) in [6.45, 7) is -0.325. The van der Waals surface area contributed by atoms with Crippen molar-refractivity contribution in [2.24, 2.45) is 0 Å². The Morgan fingerprint density at radius 2 is 2.26 bits per heavy atom. The van der Waals surface area contributed by atoms with Gasteiger partial charge in [-0.1, -0.05) is 0 Å². The van der Waals surface area contributed by atoms with Gasteiger partial charge in [-0.2, -0.15) is 0 Å². The third-order valence-corrected chi connectivity index (χ3v) is 2.15. The molecule has 0 aliphatic heterocycles. The highest BCUT2D eigenvalue weighted by Gasteiger charge is 2.16. The van der Waals surface area contributed by atoms with Gasteiger partial charge in [0.15, 0.2) is 12.4 Å². The maximum atomic E-state index is 11.2. The van der Waals surface area contributed by atoms with Gasteiger partial charge in [-0.3, -0.25) is 14.9 Å². The summed E-state index contributed by atoms with van der Waals surface area (Å²) in [7, 11) is 1.32.